The molecule has 0 aliphatic carbocycles. The van der Waals surface area contributed by atoms with E-state index in [4.69, 9.17) is 10.5 Å². The van der Waals surface area contributed by atoms with Crippen LogP contribution in [0.3, 0.4) is 0 Å². The smallest absolute Gasteiger partial charge is 0.151 e. The first-order valence-electron chi connectivity index (χ1n) is 6.27. The summed E-state index contributed by atoms with van der Waals surface area (Å²) in [4.78, 5) is 14.1. The normalized spacial score (nSPS) is 10.7. The molecule has 0 aromatic heterocycles. The predicted molar refractivity (Wildman–Crippen MR) is 73.9 cm³/mol. The van der Waals surface area contributed by atoms with Crippen LogP contribution in [0.2, 0.25) is 0 Å². The van der Waals surface area contributed by atoms with E-state index in [1.807, 2.05) is 0 Å². The number of carbonyl (C=O) groups excluding carboxylic acids is 1. The van der Waals surface area contributed by atoms with Crippen LogP contribution in [0.25, 0.3) is 0 Å². The van der Waals surface area contributed by atoms with E-state index >= 15 is 0 Å². The van der Waals surface area contributed by atoms with Gasteiger partial charge in [-0.3, -0.25) is 9.69 Å². The van der Waals surface area contributed by atoms with Crippen LogP contribution in [0.5, 0.6) is 5.75 Å². The summed E-state index contributed by atoms with van der Waals surface area (Å²) in [5, 5.41) is 0. The highest BCUT2D eigenvalue weighted by Crippen LogP contribution is 2.21. The minimum absolute atomic E-state index is 0.183. The van der Waals surface area contributed by atoms with Crippen LogP contribution in [-0.2, 0) is 11.2 Å². The Kier molecular flexibility index (Phi) is 5.65. The van der Waals surface area contributed by atoms with Crippen LogP contribution in [0.1, 0.15) is 19.4 Å². The van der Waals surface area contributed by atoms with Gasteiger partial charge in [-0.05, 0) is 31.3 Å². The van der Waals surface area contributed by atoms with Gasteiger partial charge in [0.15, 0.2) is 5.78 Å². The summed E-state index contributed by atoms with van der Waals surface area (Å²) in [6, 6.07) is 5.38. The van der Waals surface area contributed by atoms with Gasteiger partial charge in [0.1, 0.15) is 5.75 Å². The summed E-state index contributed by atoms with van der Waals surface area (Å²) in [5.74, 6) is 0.902. The highest BCUT2D eigenvalue weighted by molar-refractivity contribution is 5.83. The van der Waals surface area contributed by atoms with E-state index in [9.17, 15) is 4.79 Å². The summed E-state index contributed by atoms with van der Waals surface area (Å²) in [7, 11) is 1.60. The minimum Gasteiger partial charge on any atom is -0.496 e. The molecule has 0 aliphatic heterocycles. The number of hydrogen-bond acceptors (Lipinski definition) is 4. The number of Topliss-reactive ketones (excluding diaryl/α,β-unsaturated/α-hetero) is 1. The molecule has 4 heteroatoms. The van der Waals surface area contributed by atoms with Crippen molar-refractivity contribution in [1.82, 2.24) is 4.90 Å². The Bertz CT molecular complexity index is 401. The molecule has 0 fully saturated rings. The van der Waals surface area contributed by atoms with Gasteiger partial charge in [-0.25, -0.2) is 0 Å². The molecule has 0 heterocycles. The second kappa shape index (κ2) is 7.01. The third-order valence-electron chi connectivity index (χ3n) is 2.99. The van der Waals surface area contributed by atoms with Crippen LogP contribution in [0.15, 0.2) is 18.2 Å². The Morgan fingerprint density at radius 3 is 2.56 bits per heavy atom. The second-order valence-corrected chi connectivity index (χ2v) is 4.25. The van der Waals surface area contributed by atoms with Crippen molar-refractivity contribution in [2.24, 2.45) is 0 Å². The highest BCUT2D eigenvalue weighted by Gasteiger charge is 2.11. The number of ether oxygens (including phenoxy) is 1. The number of nitrogens with zero attached hydrogens (tertiary/aromatic N) is 1. The van der Waals surface area contributed by atoms with Crippen molar-refractivity contribution in [3.63, 3.8) is 0 Å². The molecule has 0 saturated heterocycles. The molecule has 0 bridgehead atoms. The van der Waals surface area contributed by atoms with E-state index < -0.39 is 0 Å². The van der Waals surface area contributed by atoms with Gasteiger partial charge in [0, 0.05) is 17.7 Å². The summed E-state index contributed by atoms with van der Waals surface area (Å²) in [6.07, 6.45) is 0.366. The average Bonchev–Trinajstić information content (AvgIpc) is 2.36. The van der Waals surface area contributed by atoms with Gasteiger partial charge >= 0.3 is 0 Å². The first-order valence-corrected chi connectivity index (χ1v) is 6.27. The summed E-state index contributed by atoms with van der Waals surface area (Å²) < 4.78 is 5.24. The number of carbonyl (C=O) groups is 1. The molecular formula is C14H22N2O2. The molecule has 2 N–H and O–H groups in total. The van der Waals surface area contributed by atoms with Crippen molar-refractivity contribution in [2.45, 2.75) is 20.3 Å². The van der Waals surface area contributed by atoms with Crippen LogP contribution in [0.4, 0.5) is 5.69 Å². The molecule has 0 unspecified atom stereocenters. The summed E-state index contributed by atoms with van der Waals surface area (Å²) in [5.41, 5.74) is 7.24. The Labute approximate surface area is 109 Å². The van der Waals surface area contributed by atoms with E-state index in [0.29, 0.717) is 18.7 Å². The maximum absolute atomic E-state index is 12.0. The van der Waals surface area contributed by atoms with E-state index in [1.165, 1.54) is 0 Å². The Morgan fingerprint density at radius 2 is 2.00 bits per heavy atom. The molecule has 0 saturated carbocycles. The number of rotatable bonds is 7. The fourth-order valence-corrected chi connectivity index (χ4v) is 1.90. The number of ketones is 1. The molecule has 100 valence electrons. The third kappa shape index (κ3) is 4.04. The van der Waals surface area contributed by atoms with Crippen molar-refractivity contribution in [2.75, 3.05) is 32.5 Å². The molecule has 0 amide bonds. The Hall–Kier alpha value is -1.55. The zero-order valence-electron chi connectivity index (χ0n) is 11.4. The number of methoxy groups -OCH3 is 1. The molecule has 0 aliphatic rings. The summed E-state index contributed by atoms with van der Waals surface area (Å²) in [6.45, 7) is 6.35. The largest absolute Gasteiger partial charge is 0.496 e. The van der Waals surface area contributed by atoms with Crippen LogP contribution in [0, 0.1) is 0 Å². The lowest BCUT2D eigenvalue weighted by Gasteiger charge is -2.17. The molecule has 18 heavy (non-hydrogen) atoms. The lowest BCUT2D eigenvalue weighted by molar-refractivity contribution is -0.119. The topological polar surface area (TPSA) is 55.6 Å². The number of nitrogen functional groups attached to an aromatic ring is 1. The highest BCUT2D eigenvalue weighted by atomic mass is 16.5. The van der Waals surface area contributed by atoms with Gasteiger partial charge in [-0.2, -0.15) is 0 Å². The monoisotopic (exact) mass is 250 g/mol. The quantitative estimate of drug-likeness (QED) is 0.749. The van der Waals surface area contributed by atoms with E-state index in [0.717, 1.165) is 24.4 Å². The summed E-state index contributed by atoms with van der Waals surface area (Å²) >= 11 is 0. The third-order valence-corrected chi connectivity index (χ3v) is 2.99. The van der Waals surface area contributed by atoms with Gasteiger partial charge in [0.05, 0.1) is 13.7 Å². The molecular weight excluding hydrogens is 228 g/mol. The number of benzene rings is 1. The lowest BCUT2D eigenvalue weighted by atomic mass is 10.1. The van der Waals surface area contributed by atoms with E-state index in [-0.39, 0.29) is 5.78 Å². The zero-order valence-corrected chi connectivity index (χ0v) is 11.4. The average molecular weight is 250 g/mol. The first kappa shape index (κ1) is 14.5. The Morgan fingerprint density at radius 1 is 1.33 bits per heavy atom. The van der Waals surface area contributed by atoms with Crippen molar-refractivity contribution in [3.8, 4) is 5.75 Å². The van der Waals surface area contributed by atoms with Crippen molar-refractivity contribution >= 4 is 11.5 Å². The molecule has 0 atom stereocenters. The fraction of sp³-hybridized carbons (Fsp3) is 0.500. The lowest BCUT2D eigenvalue weighted by Crippen LogP contribution is -2.30. The van der Waals surface area contributed by atoms with Gasteiger partial charge in [0.2, 0.25) is 0 Å². The maximum atomic E-state index is 12.0. The van der Waals surface area contributed by atoms with Crippen LogP contribution in [-0.4, -0.2) is 37.4 Å². The second-order valence-electron chi connectivity index (χ2n) is 4.25. The van der Waals surface area contributed by atoms with Gasteiger partial charge in [-0.15, -0.1) is 0 Å². The first-order chi connectivity index (χ1) is 8.60. The standard InChI is InChI=1S/C14H22N2O2/c1-4-16(5-2)10-13(17)9-11-8-12(15)6-7-14(11)18-3/h6-8H,4-5,9-10,15H2,1-3H3. The van der Waals surface area contributed by atoms with Gasteiger partial charge < -0.3 is 10.5 Å². The number of likely N-dealkylation sites (N-methyl/N-ethyl adjacent to an activating group) is 1. The minimum atomic E-state index is 0.183. The fourth-order valence-electron chi connectivity index (χ4n) is 1.90. The maximum Gasteiger partial charge on any atom is 0.151 e. The number of anilines is 1. The van der Waals surface area contributed by atoms with Crippen LogP contribution < -0.4 is 10.5 Å². The van der Waals surface area contributed by atoms with Crippen LogP contribution >= 0.6 is 0 Å². The molecule has 1 rings (SSSR count). The van der Waals surface area contributed by atoms with E-state index in [1.54, 1.807) is 25.3 Å². The molecule has 0 radical (unpaired) electrons. The van der Waals surface area contributed by atoms with Gasteiger partial charge in [0.25, 0.3) is 0 Å². The number of hydrogen-bond donors (Lipinski definition) is 1. The number of nitrogens with two attached hydrogens (primary N) is 1. The predicted octanol–water partition coefficient (Wildman–Crippen LogP) is 1.73. The SMILES string of the molecule is CCN(CC)CC(=O)Cc1cc(N)ccc1OC. The van der Waals surface area contributed by atoms with Crippen molar-refractivity contribution in [3.05, 3.63) is 23.8 Å². The molecule has 1 aromatic rings. The van der Waals surface area contributed by atoms with Crippen molar-refractivity contribution < 1.29 is 9.53 Å². The van der Waals surface area contributed by atoms with Crippen molar-refractivity contribution in [1.29, 1.82) is 0 Å². The van der Waals surface area contributed by atoms with E-state index in [2.05, 4.69) is 18.7 Å². The Balaban J connectivity index is 2.71. The molecule has 0 spiro atoms. The zero-order chi connectivity index (χ0) is 13.5. The molecule has 4 nitrogen and oxygen atoms in total. The molecule has 1 aromatic carbocycles. The van der Waals surface area contributed by atoms with Gasteiger partial charge in [-0.1, -0.05) is 13.8 Å².